The quantitative estimate of drug-likeness (QED) is 0.873. The molecular formula is C11H11N3O2S2. The highest BCUT2D eigenvalue weighted by Gasteiger charge is 2.31. The highest BCUT2D eigenvalue weighted by Crippen LogP contribution is 2.42. The molecule has 94 valence electrons. The van der Waals surface area contributed by atoms with E-state index in [4.69, 9.17) is 4.42 Å². The van der Waals surface area contributed by atoms with Gasteiger partial charge in [-0.05, 0) is 25.2 Å². The molecule has 3 rings (SSSR count). The molecule has 18 heavy (non-hydrogen) atoms. The molecule has 0 aromatic carbocycles. The number of carbonyl (C=O) groups excluding carboxylic acids is 1. The molecular weight excluding hydrogens is 270 g/mol. The van der Waals surface area contributed by atoms with Crippen molar-refractivity contribution in [3.63, 3.8) is 0 Å². The lowest BCUT2D eigenvalue weighted by atomic mass is 10.2. The van der Waals surface area contributed by atoms with Crippen LogP contribution in [0.3, 0.4) is 0 Å². The molecule has 2 heterocycles. The summed E-state index contributed by atoms with van der Waals surface area (Å²) in [4.78, 5) is 16.3. The maximum Gasteiger partial charge on any atom is 0.261 e. The average Bonchev–Trinajstić information content (AvgIpc) is 2.93. The zero-order valence-electron chi connectivity index (χ0n) is 9.67. The first-order chi connectivity index (χ1) is 8.78. The molecule has 1 amide bonds. The van der Waals surface area contributed by atoms with E-state index in [1.165, 1.54) is 23.3 Å². The fraction of sp³-hybridized carbons (Fsp3) is 0.364. The molecule has 0 radical (unpaired) electrons. The molecule has 1 saturated carbocycles. The third-order valence-corrected chi connectivity index (χ3v) is 3.99. The number of anilines is 1. The van der Waals surface area contributed by atoms with E-state index in [2.05, 4.69) is 14.7 Å². The topological polar surface area (TPSA) is 68.0 Å². The van der Waals surface area contributed by atoms with Crippen molar-refractivity contribution in [2.75, 3.05) is 11.6 Å². The molecule has 0 bridgehead atoms. The summed E-state index contributed by atoms with van der Waals surface area (Å²) in [6.45, 7) is 0. The van der Waals surface area contributed by atoms with Crippen LogP contribution in [0.15, 0.2) is 21.9 Å². The van der Waals surface area contributed by atoms with E-state index in [1.54, 1.807) is 12.3 Å². The standard InChI is InChI=1S/C11H11N3O2S2/c1-17-11-13-10(18-14-11)12-9(15)7-4-5-16-8(7)6-2-3-6/h4-6H,2-3H2,1H3,(H,12,13,14,15). The van der Waals surface area contributed by atoms with E-state index in [0.717, 1.165) is 18.6 Å². The minimum Gasteiger partial charge on any atom is -0.468 e. The van der Waals surface area contributed by atoms with Gasteiger partial charge in [-0.3, -0.25) is 10.1 Å². The van der Waals surface area contributed by atoms with Crippen LogP contribution in [0.4, 0.5) is 5.13 Å². The Kier molecular flexibility index (Phi) is 3.09. The molecule has 1 N–H and O–H groups in total. The van der Waals surface area contributed by atoms with Gasteiger partial charge in [-0.2, -0.15) is 9.36 Å². The Hall–Kier alpha value is -1.34. The molecule has 2 aromatic rings. The van der Waals surface area contributed by atoms with Crippen LogP contribution in [0.25, 0.3) is 0 Å². The first-order valence-electron chi connectivity index (χ1n) is 5.54. The van der Waals surface area contributed by atoms with Gasteiger partial charge in [0.25, 0.3) is 5.91 Å². The molecule has 0 aliphatic heterocycles. The van der Waals surface area contributed by atoms with Gasteiger partial charge in [-0.1, -0.05) is 11.8 Å². The Balaban J connectivity index is 1.75. The molecule has 1 aliphatic carbocycles. The smallest absolute Gasteiger partial charge is 0.261 e. The first-order valence-corrected chi connectivity index (χ1v) is 7.54. The lowest BCUT2D eigenvalue weighted by Crippen LogP contribution is -2.12. The van der Waals surface area contributed by atoms with Crippen LogP contribution in [0.2, 0.25) is 0 Å². The van der Waals surface area contributed by atoms with Crippen LogP contribution in [-0.2, 0) is 0 Å². The Morgan fingerprint density at radius 1 is 1.61 bits per heavy atom. The second-order valence-corrected chi connectivity index (χ2v) is 5.54. The zero-order valence-corrected chi connectivity index (χ0v) is 11.3. The number of furan rings is 1. The Bertz CT molecular complexity index is 574. The number of nitrogens with zero attached hydrogens (tertiary/aromatic N) is 2. The summed E-state index contributed by atoms with van der Waals surface area (Å²) in [5.74, 6) is 1.04. The van der Waals surface area contributed by atoms with Gasteiger partial charge < -0.3 is 4.42 Å². The Morgan fingerprint density at radius 2 is 2.44 bits per heavy atom. The van der Waals surface area contributed by atoms with E-state index >= 15 is 0 Å². The molecule has 2 aromatic heterocycles. The van der Waals surface area contributed by atoms with Crippen LogP contribution in [0.5, 0.6) is 0 Å². The van der Waals surface area contributed by atoms with Crippen molar-refractivity contribution in [2.24, 2.45) is 0 Å². The summed E-state index contributed by atoms with van der Waals surface area (Å²) in [5.41, 5.74) is 0.610. The first kappa shape index (κ1) is 11.7. The average molecular weight is 281 g/mol. The highest BCUT2D eigenvalue weighted by molar-refractivity contribution is 7.98. The summed E-state index contributed by atoms with van der Waals surface area (Å²) in [7, 11) is 0. The van der Waals surface area contributed by atoms with Crippen LogP contribution in [0, 0.1) is 0 Å². The zero-order chi connectivity index (χ0) is 12.5. The number of carbonyl (C=O) groups is 1. The van der Waals surface area contributed by atoms with E-state index in [9.17, 15) is 4.79 Å². The van der Waals surface area contributed by atoms with E-state index in [1.807, 2.05) is 6.26 Å². The number of aromatic nitrogens is 2. The number of amides is 1. The molecule has 1 aliphatic rings. The molecule has 5 nitrogen and oxygen atoms in total. The van der Waals surface area contributed by atoms with Gasteiger partial charge in [-0.25, -0.2) is 0 Å². The number of nitrogens with one attached hydrogen (secondary N) is 1. The number of rotatable bonds is 4. The Labute approximate surface area is 112 Å². The largest absolute Gasteiger partial charge is 0.468 e. The molecule has 0 saturated heterocycles. The van der Waals surface area contributed by atoms with E-state index < -0.39 is 0 Å². The van der Waals surface area contributed by atoms with Gasteiger partial charge in [0.05, 0.1) is 11.8 Å². The van der Waals surface area contributed by atoms with Gasteiger partial charge in [-0.15, -0.1) is 0 Å². The second-order valence-electron chi connectivity index (χ2n) is 4.01. The number of thioether (sulfide) groups is 1. The second kappa shape index (κ2) is 4.74. The molecule has 0 unspecified atom stereocenters. The predicted octanol–water partition coefficient (Wildman–Crippen LogP) is 2.98. The van der Waals surface area contributed by atoms with Crippen LogP contribution in [-0.4, -0.2) is 21.5 Å². The molecule has 0 atom stereocenters. The van der Waals surface area contributed by atoms with Crippen molar-refractivity contribution < 1.29 is 9.21 Å². The van der Waals surface area contributed by atoms with E-state index in [-0.39, 0.29) is 5.91 Å². The molecule has 1 fully saturated rings. The van der Waals surface area contributed by atoms with Crippen LogP contribution < -0.4 is 5.32 Å². The van der Waals surface area contributed by atoms with E-state index in [0.29, 0.717) is 21.8 Å². The number of hydrogen-bond donors (Lipinski definition) is 1. The maximum absolute atomic E-state index is 12.1. The van der Waals surface area contributed by atoms with Crippen molar-refractivity contribution in [3.05, 3.63) is 23.7 Å². The van der Waals surface area contributed by atoms with Crippen molar-refractivity contribution in [1.82, 2.24) is 9.36 Å². The van der Waals surface area contributed by atoms with Crippen LogP contribution in [0.1, 0.15) is 34.9 Å². The number of hydrogen-bond acceptors (Lipinski definition) is 6. The summed E-state index contributed by atoms with van der Waals surface area (Å²) in [5, 5.41) is 3.95. The van der Waals surface area contributed by atoms with Crippen molar-refractivity contribution >= 4 is 34.3 Å². The molecule has 7 heteroatoms. The minimum atomic E-state index is -0.172. The van der Waals surface area contributed by atoms with Crippen molar-refractivity contribution in [1.29, 1.82) is 0 Å². The van der Waals surface area contributed by atoms with Crippen LogP contribution >= 0.6 is 23.3 Å². The van der Waals surface area contributed by atoms with Gasteiger partial charge in [0.2, 0.25) is 10.3 Å². The fourth-order valence-electron chi connectivity index (χ4n) is 1.68. The summed E-state index contributed by atoms with van der Waals surface area (Å²) >= 11 is 2.64. The normalized spacial score (nSPS) is 14.7. The van der Waals surface area contributed by atoms with Gasteiger partial charge in [0.1, 0.15) is 5.76 Å². The maximum atomic E-state index is 12.1. The monoisotopic (exact) mass is 281 g/mol. The third kappa shape index (κ3) is 2.28. The van der Waals surface area contributed by atoms with Gasteiger partial charge >= 0.3 is 0 Å². The summed E-state index contributed by atoms with van der Waals surface area (Å²) in [6, 6.07) is 1.71. The molecule has 0 spiro atoms. The van der Waals surface area contributed by atoms with Crippen molar-refractivity contribution in [2.45, 2.75) is 23.9 Å². The lowest BCUT2D eigenvalue weighted by molar-refractivity contribution is 0.102. The summed E-state index contributed by atoms with van der Waals surface area (Å²) in [6.07, 6.45) is 5.66. The summed E-state index contributed by atoms with van der Waals surface area (Å²) < 4.78 is 9.47. The Morgan fingerprint density at radius 3 is 3.11 bits per heavy atom. The minimum absolute atomic E-state index is 0.172. The SMILES string of the molecule is CSc1nsc(NC(=O)c2ccoc2C2CC2)n1. The predicted molar refractivity (Wildman–Crippen MR) is 70.3 cm³/mol. The van der Waals surface area contributed by atoms with Crippen molar-refractivity contribution in [3.8, 4) is 0 Å². The third-order valence-electron chi connectivity index (χ3n) is 2.70. The fourth-order valence-corrected chi connectivity index (χ4v) is 2.80. The van der Waals surface area contributed by atoms with Gasteiger partial charge in [0.15, 0.2) is 0 Å². The lowest BCUT2D eigenvalue weighted by Gasteiger charge is -2.00. The highest BCUT2D eigenvalue weighted by atomic mass is 32.2. The van der Waals surface area contributed by atoms with Gasteiger partial charge in [0, 0.05) is 17.5 Å².